The highest BCUT2D eigenvalue weighted by atomic mass is 79.9. The second-order valence-electron chi connectivity index (χ2n) is 10.3. The van der Waals surface area contributed by atoms with Crippen molar-refractivity contribution < 1.29 is 38.1 Å². The number of nitrogens with zero attached hydrogens (tertiary/aromatic N) is 1. The van der Waals surface area contributed by atoms with E-state index in [9.17, 15) is 14.4 Å². The highest BCUT2D eigenvalue weighted by Gasteiger charge is 2.32. The van der Waals surface area contributed by atoms with Gasteiger partial charge in [-0.15, -0.1) is 0 Å². The molecule has 0 spiro atoms. The van der Waals surface area contributed by atoms with Gasteiger partial charge in [-0.3, -0.25) is 4.79 Å². The SMILES string of the molecule is CCOC(=O)C1=C(C)NC(=O)N[C@H]1c1ccc(OCC(=O)N/N=C\c2cc(Br)c(OCc3cccc(C)c3)c(OCC)c2)c(OC)c1. The van der Waals surface area contributed by atoms with Crippen molar-refractivity contribution in [1.82, 2.24) is 16.1 Å². The number of hydrogen-bond donors (Lipinski definition) is 3. The number of benzene rings is 3. The number of allylic oxidation sites excluding steroid dienone is 1. The lowest BCUT2D eigenvalue weighted by molar-refractivity contribution is -0.139. The van der Waals surface area contributed by atoms with Crippen molar-refractivity contribution in [2.45, 2.75) is 40.3 Å². The number of aryl methyl sites for hydroxylation is 1. The molecule has 1 aliphatic heterocycles. The van der Waals surface area contributed by atoms with Gasteiger partial charge in [0, 0.05) is 5.70 Å². The van der Waals surface area contributed by atoms with E-state index in [1.165, 1.54) is 13.3 Å². The average Bonchev–Trinajstić information content (AvgIpc) is 3.03. The molecule has 3 amide bonds. The largest absolute Gasteiger partial charge is 0.493 e. The van der Waals surface area contributed by atoms with E-state index in [0.717, 1.165) is 11.1 Å². The highest BCUT2D eigenvalue weighted by molar-refractivity contribution is 9.10. The molecule has 12 nitrogen and oxygen atoms in total. The van der Waals surface area contributed by atoms with Crippen LogP contribution in [0.4, 0.5) is 4.79 Å². The Morgan fingerprint density at radius 1 is 0.979 bits per heavy atom. The number of esters is 1. The van der Waals surface area contributed by atoms with Crippen LogP contribution in [0.25, 0.3) is 0 Å². The predicted octanol–water partition coefficient (Wildman–Crippen LogP) is 5.46. The molecule has 1 atom stereocenters. The average molecular weight is 710 g/mol. The number of nitrogens with one attached hydrogen (secondary N) is 3. The molecule has 0 aliphatic carbocycles. The molecule has 3 N–H and O–H groups in total. The van der Waals surface area contributed by atoms with Crippen LogP contribution in [0, 0.1) is 6.92 Å². The second kappa shape index (κ2) is 16.5. The third kappa shape index (κ3) is 9.26. The first-order chi connectivity index (χ1) is 22.6. The van der Waals surface area contributed by atoms with E-state index in [2.05, 4.69) is 43.2 Å². The molecular formula is C34H37BrN4O8. The highest BCUT2D eigenvalue weighted by Crippen LogP contribution is 2.37. The third-order valence-corrected chi connectivity index (χ3v) is 7.43. The lowest BCUT2D eigenvalue weighted by Crippen LogP contribution is -2.45. The predicted molar refractivity (Wildman–Crippen MR) is 179 cm³/mol. The number of rotatable bonds is 14. The van der Waals surface area contributed by atoms with Crippen molar-refractivity contribution in [2.24, 2.45) is 5.10 Å². The monoisotopic (exact) mass is 708 g/mol. The van der Waals surface area contributed by atoms with Crippen molar-refractivity contribution in [3.05, 3.63) is 92.6 Å². The molecule has 3 aromatic rings. The number of carbonyl (C=O) groups excluding carboxylic acids is 3. The summed E-state index contributed by atoms with van der Waals surface area (Å²) in [5, 5.41) is 9.39. The van der Waals surface area contributed by atoms with Crippen molar-refractivity contribution in [3.63, 3.8) is 0 Å². The van der Waals surface area contributed by atoms with Crippen LogP contribution < -0.4 is 35.0 Å². The van der Waals surface area contributed by atoms with Crippen LogP contribution in [-0.4, -0.2) is 51.1 Å². The number of ether oxygens (including phenoxy) is 5. The van der Waals surface area contributed by atoms with Crippen LogP contribution >= 0.6 is 15.9 Å². The Morgan fingerprint density at radius 2 is 1.79 bits per heavy atom. The van der Waals surface area contributed by atoms with Crippen LogP contribution in [0.15, 0.2) is 75.4 Å². The molecule has 13 heteroatoms. The Labute approximate surface area is 281 Å². The zero-order chi connectivity index (χ0) is 33.9. The molecule has 1 heterocycles. The Morgan fingerprint density at radius 3 is 2.51 bits per heavy atom. The molecule has 3 aromatic carbocycles. The summed E-state index contributed by atoms with van der Waals surface area (Å²) in [5.74, 6) is 0.608. The second-order valence-corrected chi connectivity index (χ2v) is 11.2. The quantitative estimate of drug-likeness (QED) is 0.114. The first-order valence-electron chi connectivity index (χ1n) is 14.9. The van der Waals surface area contributed by atoms with Crippen LogP contribution in [0.2, 0.25) is 0 Å². The maximum absolute atomic E-state index is 12.6. The van der Waals surface area contributed by atoms with Gasteiger partial charge < -0.3 is 34.3 Å². The van der Waals surface area contributed by atoms with E-state index in [4.69, 9.17) is 23.7 Å². The number of amides is 3. The van der Waals surface area contributed by atoms with E-state index in [1.807, 2.05) is 38.1 Å². The molecule has 0 aromatic heterocycles. The Bertz CT molecular complexity index is 1690. The first kappa shape index (κ1) is 34.8. The molecule has 0 saturated carbocycles. The standard InChI is InChI=1S/C34H37BrN4O8/c1-6-44-28-15-23(14-25(35)32(28)47-18-22-10-8-9-20(3)13-22)17-36-39-29(40)19-46-26-12-11-24(16-27(26)43-5)31-30(33(41)45-7-2)21(4)37-34(42)38-31/h8-17,31H,6-7,18-19H2,1-5H3,(H,39,40)(H2,37,38,42)/b36-17-/t31-/m0/s1. The minimum absolute atomic E-state index is 0.181. The fourth-order valence-electron chi connectivity index (χ4n) is 4.78. The summed E-state index contributed by atoms with van der Waals surface area (Å²) in [7, 11) is 1.44. The third-order valence-electron chi connectivity index (χ3n) is 6.84. The molecule has 0 saturated heterocycles. The van der Waals surface area contributed by atoms with Crippen molar-refractivity contribution >= 4 is 40.1 Å². The summed E-state index contributed by atoms with van der Waals surface area (Å²) in [4.78, 5) is 37.4. The zero-order valence-corrected chi connectivity index (χ0v) is 28.4. The summed E-state index contributed by atoms with van der Waals surface area (Å²) in [6.45, 7) is 7.87. The summed E-state index contributed by atoms with van der Waals surface area (Å²) < 4.78 is 28.9. The van der Waals surface area contributed by atoms with E-state index in [0.29, 0.717) is 51.8 Å². The summed E-state index contributed by atoms with van der Waals surface area (Å²) in [6.07, 6.45) is 1.48. The molecular weight excluding hydrogens is 672 g/mol. The van der Waals surface area contributed by atoms with Crippen molar-refractivity contribution in [2.75, 3.05) is 26.9 Å². The van der Waals surface area contributed by atoms with Gasteiger partial charge in [0.05, 0.1) is 42.6 Å². The van der Waals surface area contributed by atoms with Crippen molar-refractivity contribution in [1.29, 1.82) is 0 Å². The molecule has 4 rings (SSSR count). The minimum Gasteiger partial charge on any atom is -0.493 e. The smallest absolute Gasteiger partial charge is 0.338 e. The Hall–Kier alpha value is -5.04. The van der Waals surface area contributed by atoms with Gasteiger partial charge in [0.25, 0.3) is 5.91 Å². The van der Waals surface area contributed by atoms with E-state index >= 15 is 0 Å². The van der Waals surface area contributed by atoms with Crippen LogP contribution in [-0.2, 0) is 20.9 Å². The summed E-state index contributed by atoms with van der Waals surface area (Å²) >= 11 is 3.56. The van der Waals surface area contributed by atoms with Gasteiger partial charge >= 0.3 is 12.0 Å². The first-order valence-corrected chi connectivity index (χ1v) is 15.6. The van der Waals surface area contributed by atoms with E-state index in [1.54, 1.807) is 38.1 Å². The molecule has 0 unspecified atom stereocenters. The van der Waals surface area contributed by atoms with Gasteiger partial charge in [-0.1, -0.05) is 35.9 Å². The number of carbonyl (C=O) groups is 3. The van der Waals surface area contributed by atoms with E-state index in [-0.39, 0.29) is 24.5 Å². The molecule has 248 valence electrons. The van der Waals surface area contributed by atoms with Gasteiger partial charge in [0.2, 0.25) is 0 Å². The molecule has 0 fully saturated rings. The molecule has 47 heavy (non-hydrogen) atoms. The maximum atomic E-state index is 12.6. The number of hydrogen-bond acceptors (Lipinski definition) is 9. The Balaban J connectivity index is 1.39. The van der Waals surface area contributed by atoms with Gasteiger partial charge in [-0.25, -0.2) is 15.0 Å². The fourth-order valence-corrected chi connectivity index (χ4v) is 5.36. The van der Waals surface area contributed by atoms with Gasteiger partial charge in [-0.2, -0.15) is 5.10 Å². The zero-order valence-electron chi connectivity index (χ0n) is 26.8. The van der Waals surface area contributed by atoms with Gasteiger partial charge in [0.1, 0.15) is 6.61 Å². The maximum Gasteiger partial charge on any atom is 0.338 e. The molecule has 0 bridgehead atoms. The number of hydrazone groups is 1. The fraction of sp³-hybridized carbons (Fsp3) is 0.294. The number of urea groups is 1. The van der Waals surface area contributed by atoms with Gasteiger partial charge in [0.15, 0.2) is 29.6 Å². The lowest BCUT2D eigenvalue weighted by Gasteiger charge is -2.28. The van der Waals surface area contributed by atoms with Crippen LogP contribution in [0.1, 0.15) is 49.1 Å². The number of halogens is 1. The summed E-state index contributed by atoms with van der Waals surface area (Å²) in [6, 6.07) is 15.3. The topological polar surface area (TPSA) is 146 Å². The molecule has 0 radical (unpaired) electrons. The van der Waals surface area contributed by atoms with Crippen LogP contribution in [0.3, 0.4) is 0 Å². The summed E-state index contributed by atoms with van der Waals surface area (Å²) in [5.41, 5.74) is 6.51. The normalized spacial score (nSPS) is 14.3. The van der Waals surface area contributed by atoms with Gasteiger partial charge in [-0.05, 0) is 84.6 Å². The van der Waals surface area contributed by atoms with Crippen molar-refractivity contribution in [3.8, 4) is 23.0 Å². The lowest BCUT2D eigenvalue weighted by atomic mass is 9.95. The molecule has 1 aliphatic rings. The minimum atomic E-state index is -0.777. The Kier molecular flexibility index (Phi) is 12.2. The van der Waals surface area contributed by atoms with E-state index < -0.39 is 23.9 Å². The van der Waals surface area contributed by atoms with Crippen LogP contribution in [0.5, 0.6) is 23.0 Å². The number of methoxy groups -OCH3 is 1.